The second-order valence-electron chi connectivity index (χ2n) is 4.56. The molecule has 1 saturated heterocycles. The number of methoxy groups -OCH3 is 1. The van der Waals surface area contributed by atoms with Crippen LogP contribution in [0.1, 0.15) is 18.0 Å². The van der Waals surface area contributed by atoms with Crippen LogP contribution >= 0.6 is 0 Å². The molecule has 4 heteroatoms. The summed E-state index contributed by atoms with van der Waals surface area (Å²) in [6.45, 7) is 4.26. The molecule has 0 aliphatic carbocycles. The number of piperazine rings is 1. The predicted octanol–water partition coefficient (Wildman–Crippen LogP) is 1.02. The van der Waals surface area contributed by atoms with Crippen LogP contribution in [0.3, 0.4) is 0 Å². The molecule has 1 unspecified atom stereocenters. The van der Waals surface area contributed by atoms with Crippen molar-refractivity contribution in [2.45, 2.75) is 12.5 Å². The number of nitrogens with one attached hydrogen (secondary N) is 1. The van der Waals surface area contributed by atoms with Gasteiger partial charge in [0, 0.05) is 44.4 Å². The van der Waals surface area contributed by atoms with Gasteiger partial charge in [-0.15, -0.1) is 0 Å². The van der Waals surface area contributed by atoms with E-state index in [1.165, 1.54) is 5.56 Å². The summed E-state index contributed by atoms with van der Waals surface area (Å²) < 4.78 is 5.44. The zero-order chi connectivity index (χ0) is 12.8. The quantitative estimate of drug-likeness (QED) is 0.819. The van der Waals surface area contributed by atoms with Crippen molar-refractivity contribution in [3.05, 3.63) is 29.8 Å². The Kier molecular flexibility index (Phi) is 4.99. The molecule has 1 aliphatic heterocycles. The Labute approximate surface area is 109 Å². The number of aliphatic hydroxyl groups excluding tert-OH is 1. The van der Waals surface area contributed by atoms with E-state index in [1.807, 2.05) is 18.2 Å². The minimum absolute atomic E-state index is 0.201. The van der Waals surface area contributed by atoms with Crippen molar-refractivity contribution in [3.8, 4) is 5.75 Å². The van der Waals surface area contributed by atoms with Gasteiger partial charge in [0.25, 0.3) is 0 Å². The Hall–Kier alpha value is -1.10. The van der Waals surface area contributed by atoms with Gasteiger partial charge in [0.15, 0.2) is 0 Å². The number of hydrogen-bond acceptors (Lipinski definition) is 4. The topological polar surface area (TPSA) is 44.7 Å². The monoisotopic (exact) mass is 250 g/mol. The predicted molar refractivity (Wildman–Crippen MR) is 71.9 cm³/mol. The van der Waals surface area contributed by atoms with Crippen LogP contribution in [0.15, 0.2) is 24.3 Å². The second-order valence-corrected chi connectivity index (χ2v) is 4.56. The highest BCUT2D eigenvalue weighted by atomic mass is 16.5. The average Bonchev–Trinajstić information content (AvgIpc) is 2.46. The van der Waals surface area contributed by atoms with Crippen LogP contribution in [0, 0.1) is 0 Å². The normalized spacial score (nSPS) is 18.6. The minimum atomic E-state index is 0.201. The van der Waals surface area contributed by atoms with Crippen LogP contribution in [0.2, 0.25) is 0 Å². The summed E-state index contributed by atoms with van der Waals surface area (Å²) in [6.07, 6.45) is 0.750. The summed E-state index contributed by atoms with van der Waals surface area (Å²) in [5.41, 5.74) is 1.18. The molecule has 0 radical (unpaired) electrons. The standard InChI is InChI=1S/C14H22N2O2/c1-18-14-5-3-2-4-12(14)13(6-11-17)16-9-7-15-8-10-16/h2-5,13,15,17H,6-11H2,1H3. The van der Waals surface area contributed by atoms with E-state index in [0.29, 0.717) is 0 Å². The van der Waals surface area contributed by atoms with E-state index >= 15 is 0 Å². The van der Waals surface area contributed by atoms with E-state index < -0.39 is 0 Å². The molecule has 1 atom stereocenters. The fourth-order valence-corrected chi connectivity index (χ4v) is 2.59. The lowest BCUT2D eigenvalue weighted by atomic mass is 10.0. The van der Waals surface area contributed by atoms with Crippen molar-refractivity contribution in [3.63, 3.8) is 0 Å². The summed E-state index contributed by atoms with van der Waals surface area (Å²) in [5, 5.41) is 12.7. The van der Waals surface area contributed by atoms with Crippen molar-refractivity contribution in [2.75, 3.05) is 39.9 Å². The first-order valence-electron chi connectivity index (χ1n) is 6.55. The summed E-state index contributed by atoms with van der Waals surface area (Å²) in [4.78, 5) is 2.42. The Morgan fingerprint density at radius 1 is 1.33 bits per heavy atom. The lowest BCUT2D eigenvalue weighted by Crippen LogP contribution is -2.45. The first kappa shape index (κ1) is 13.3. The number of nitrogens with zero attached hydrogens (tertiary/aromatic N) is 1. The molecule has 0 bridgehead atoms. The fraction of sp³-hybridized carbons (Fsp3) is 0.571. The molecule has 1 fully saturated rings. The Balaban J connectivity index is 2.22. The smallest absolute Gasteiger partial charge is 0.123 e. The van der Waals surface area contributed by atoms with Gasteiger partial charge in [-0.2, -0.15) is 0 Å². The van der Waals surface area contributed by atoms with E-state index in [9.17, 15) is 5.11 Å². The average molecular weight is 250 g/mol. The van der Waals surface area contributed by atoms with Crippen LogP contribution < -0.4 is 10.1 Å². The van der Waals surface area contributed by atoms with E-state index in [-0.39, 0.29) is 12.6 Å². The highest BCUT2D eigenvalue weighted by molar-refractivity contribution is 5.36. The van der Waals surface area contributed by atoms with Crippen LogP contribution in [0.4, 0.5) is 0 Å². The molecule has 0 saturated carbocycles. The number of aliphatic hydroxyl groups is 1. The van der Waals surface area contributed by atoms with Crippen molar-refractivity contribution in [2.24, 2.45) is 0 Å². The molecule has 2 rings (SSSR count). The second kappa shape index (κ2) is 6.73. The van der Waals surface area contributed by atoms with Gasteiger partial charge >= 0.3 is 0 Å². The third-order valence-electron chi connectivity index (χ3n) is 3.49. The minimum Gasteiger partial charge on any atom is -0.496 e. The maximum Gasteiger partial charge on any atom is 0.123 e. The van der Waals surface area contributed by atoms with Gasteiger partial charge in [0.2, 0.25) is 0 Å². The maximum absolute atomic E-state index is 9.31. The summed E-state index contributed by atoms with van der Waals surface area (Å²) in [6, 6.07) is 8.34. The third kappa shape index (κ3) is 3.02. The molecule has 0 aromatic heterocycles. The van der Waals surface area contributed by atoms with Gasteiger partial charge in [-0.25, -0.2) is 0 Å². The van der Waals surface area contributed by atoms with Crippen LogP contribution in [0.25, 0.3) is 0 Å². The molecule has 1 aliphatic rings. The molecule has 18 heavy (non-hydrogen) atoms. The summed E-state index contributed by atoms with van der Waals surface area (Å²) in [7, 11) is 1.70. The first-order chi connectivity index (χ1) is 8.86. The molecule has 1 heterocycles. The zero-order valence-electron chi connectivity index (χ0n) is 10.9. The molecule has 2 N–H and O–H groups in total. The highest BCUT2D eigenvalue weighted by Crippen LogP contribution is 2.31. The van der Waals surface area contributed by atoms with E-state index in [0.717, 1.165) is 38.3 Å². The molecule has 1 aromatic carbocycles. The number of ether oxygens (including phenoxy) is 1. The van der Waals surface area contributed by atoms with Gasteiger partial charge in [0.1, 0.15) is 5.75 Å². The summed E-state index contributed by atoms with van der Waals surface area (Å²) >= 11 is 0. The van der Waals surface area contributed by atoms with Gasteiger partial charge in [0.05, 0.1) is 7.11 Å². The molecular weight excluding hydrogens is 228 g/mol. The van der Waals surface area contributed by atoms with Crippen molar-refractivity contribution >= 4 is 0 Å². The zero-order valence-corrected chi connectivity index (χ0v) is 10.9. The van der Waals surface area contributed by atoms with E-state index in [2.05, 4.69) is 16.3 Å². The Morgan fingerprint density at radius 3 is 2.72 bits per heavy atom. The largest absolute Gasteiger partial charge is 0.496 e. The lowest BCUT2D eigenvalue weighted by molar-refractivity contribution is 0.139. The molecule has 0 amide bonds. The number of benzene rings is 1. The van der Waals surface area contributed by atoms with Crippen molar-refractivity contribution in [1.82, 2.24) is 10.2 Å². The van der Waals surface area contributed by atoms with Gasteiger partial charge < -0.3 is 15.2 Å². The summed E-state index contributed by atoms with van der Waals surface area (Å²) in [5.74, 6) is 0.912. The number of rotatable bonds is 5. The van der Waals surface area contributed by atoms with E-state index in [4.69, 9.17) is 4.74 Å². The van der Waals surface area contributed by atoms with Gasteiger partial charge in [-0.3, -0.25) is 4.90 Å². The van der Waals surface area contributed by atoms with Gasteiger partial charge in [-0.1, -0.05) is 18.2 Å². The number of para-hydroxylation sites is 1. The number of hydrogen-bond donors (Lipinski definition) is 2. The third-order valence-corrected chi connectivity index (χ3v) is 3.49. The molecule has 1 aromatic rings. The first-order valence-corrected chi connectivity index (χ1v) is 6.55. The van der Waals surface area contributed by atoms with Crippen LogP contribution in [-0.2, 0) is 0 Å². The lowest BCUT2D eigenvalue weighted by Gasteiger charge is -2.35. The van der Waals surface area contributed by atoms with Crippen molar-refractivity contribution in [1.29, 1.82) is 0 Å². The Morgan fingerprint density at radius 2 is 2.06 bits per heavy atom. The SMILES string of the molecule is COc1ccccc1C(CCO)N1CCNCC1. The fourth-order valence-electron chi connectivity index (χ4n) is 2.59. The molecule has 0 spiro atoms. The molecular formula is C14H22N2O2. The van der Waals surface area contributed by atoms with Gasteiger partial charge in [-0.05, 0) is 12.5 Å². The highest BCUT2D eigenvalue weighted by Gasteiger charge is 2.23. The Bertz CT molecular complexity index is 365. The molecule has 4 nitrogen and oxygen atoms in total. The van der Waals surface area contributed by atoms with Crippen LogP contribution in [0.5, 0.6) is 5.75 Å². The van der Waals surface area contributed by atoms with E-state index in [1.54, 1.807) is 7.11 Å². The van der Waals surface area contributed by atoms with Crippen molar-refractivity contribution < 1.29 is 9.84 Å². The van der Waals surface area contributed by atoms with Crippen LogP contribution in [-0.4, -0.2) is 49.9 Å². The maximum atomic E-state index is 9.31. The molecule has 100 valence electrons.